The third-order valence-electron chi connectivity index (χ3n) is 3.21. The highest BCUT2D eigenvalue weighted by molar-refractivity contribution is 9.10. The van der Waals surface area contributed by atoms with Gasteiger partial charge in [0.05, 0.1) is 13.2 Å². The maximum absolute atomic E-state index is 13.8. The second-order valence-corrected chi connectivity index (χ2v) is 5.47. The molecule has 0 fully saturated rings. The van der Waals surface area contributed by atoms with E-state index in [1.165, 1.54) is 19.2 Å². The van der Waals surface area contributed by atoms with E-state index in [1.54, 1.807) is 24.3 Å². The molecular weight excluding hydrogens is 342 g/mol. The zero-order chi connectivity index (χ0) is 15.4. The summed E-state index contributed by atoms with van der Waals surface area (Å²) in [7, 11) is 1.39. The second-order valence-electron chi connectivity index (χ2n) is 4.55. The standard InChI is InChI=1S/C15H15BrF2N2O/c1-21-15-8-9(2-4-13(15)18)14(20-19)7-10-6-11(16)3-5-12(10)17/h2-6,8,14,20H,7,19H2,1H3. The van der Waals surface area contributed by atoms with E-state index in [0.717, 1.165) is 10.0 Å². The molecule has 2 rings (SSSR count). The van der Waals surface area contributed by atoms with Crippen molar-refractivity contribution < 1.29 is 13.5 Å². The predicted molar refractivity (Wildman–Crippen MR) is 80.8 cm³/mol. The highest BCUT2D eigenvalue weighted by Gasteiger charge is 2.15. The van der Waals surface area contributed by atoms with Gasteiger partial charge in [-0.3, -0.25) is 11.3 Å². The van der Waals surface area contributed by atoms with Gasteiger partial charge in [-0.2, -0.15) is 0 Å². The van der Waals surface area contributed by atoms with Crippen LogP contribution in [0, 0.1) is 11.6 Å². The number of benzene rings is 2. The average Bonchev–Trinajstić information content (AvgIpc) is 2.49. The quantitative estimate of drug-likeness (QED) is 0.636. The minimum atomic E-state index is -0.453. The Hall–Kier alpha value is -1.50. The van der Waals surface area contributed by atoms with Gasteiger partial charge in [-0.1, -0.05) is 22.0 Å². The number of nitrogens with two attached hydrogens (primary N) is 1. The molecule has 0 saturated heterocycles. The van der Waals surface area contributed by atoms with Gasteiger partial charge < -0.3 is 4.74 Å². The Morgan fingerprint density at radius 1 is 1.19 bits per heavy atom. The first-order chi connectivity index (χ1) is 10.0. The van der Waals surface area contributed by atoms with E-state index in [1.807, 2.05) is 0 Å². The molecule has 0 aliphatic carbocycles. The van der Waals surface area contributed by atoms with E-state index in [2.05, 4.69) is 21.4 Å². The van der Waals surface area contributed by atoms with Crippen molar-refractivity contribution in [3.05, 3.63) is 63.6 Å². The number of nitrogens with one attached hydrogen (secondary N) is 1. The van der Waals surface area contributed by atoms with Gasteiger partial charge in [0, 0.05) is 4.47 Å². The zero-order valence-electron chi connectivity index (χ0n) is 11.4. The lowest BCUT2D eigenvalue weighted by atomic mass is 9.99. The van der Waals surface area contributed by atoms with Crippen LogP contribution in [0.25, 0.3) is 0 Å². The Morgan fingerprint density at radius 2 is 1.90 bits per heavy atom. The van der Waals surface area contributed by atoms with Gasteiger partial charge in [0.15, 0.2) is 11.6 Å². The van der Waals surface area contributed by atoms with Crippen LogP contribution in [0.5, 0.6) is 5.75 Å². The van der Waals surface area contributed by atoms with Crippen LogP contribution in [0.1, 0.15) is 17.2 Å². The van der Waals surface area contributed by atoms with E-state index in [9.17, 15) is 8.78 Å². The molecule has 0 bridgehead atoms. The summed E-state index contributed by atoms with van der Waals surface area (Å²) in [6.45, 7) is 0. The maximum atomic E-state index is 13.8. The van der Waals surface area contributed by atoms with Crippen molar-refractivity contribution >= 4 is 15.9 Å². The summed E-state index contributed by atoms with van der Waals surface area (Å²) in [5.41, 5.74) is 3.85. The smallest absolute Gasteiger partial charge is 0.165 e. The molecule has 21 heavy (non-hydrogen) atoms. The fourth-order valence-corrected chi connectivity index (χ4v) is 2.49. The molecule has 0 aromatic heterocycles. The lowest BCUT2D eigenvalue weighted by molar-refractivity contribution is 0.384. The number of hydrazine groups is 1. The number of rotatable bonds is 5. The maximum Gasteiger partial charge on any atom is 0.165 e. The van der Waals surface area contributed by atoms with Crippen LogP contribution in [0.3, 0.4) is 0 Å². The fraction of sp³-hybridized carbons (Fsp3) is 0.200. The first-order valence-corrected chi connectivity index (χ1v) is 7.08. The van der Waals surface area contributed by atoms with Gasteiger partial charge in [-0.15, -0.1) is 0 Å². The van der Waals surface area contributed by atoms with E-state index in [4.69, 9.17) is 10.6 Å². The largest absolute Gasteiger partial charge is 0.494 e. The lowest BCUT2D eigenvalue weighted by Crippen LogP contribution is -2.29. The van der Waals surface area contributed by atoms with Crippen LogP contribution < -0.4 is 16.0 Å². The molecule has 0 spiro atoms. The number of hydrogen-bond donors (Lipinski definition) is 2. The van der Waals surface area contributed by atoms with Gasteiger partial charge in [-0.25, -0.2) is 8.78 Å². The van der Waals surface area contributed by atoms with Crippen molar-refractivity contribution in [3.63, 3.8) is 0 Å². The SMILES string of the molecule is COc1cc(C(Cc2cc(Br)ccc2F)NN)ccc1F. The van der Waals surface area contributed by atoms with Crippen LogP contribution in [0.4, 0.5) is 8.78 Å². The van der Waals surface area contributed by atoms with Crippen molar-refractivity contribution in [1.82, 2.24) is 5.43 Å². The van der Waals surface area contributed by atoms with Crippen LogP contribution in [-0.2, 0) is 6.42 Å². The third-order valence-corrected chi connectivity index (χ3v) is 3.70. The van der Waals surface area contributed by atoms with Gasteiger partial charge in [0.2, 0.25) is 0 Å². The molecule has 2 aromatic rings. The molecule has 0 amide bonds. The van der Waals surface area contributed by atoms with E-state index >= 15 is 0 Å². The molecule has 112 valence electrons. The normalized spacial score (nSPS) is 12.2. The highest BCUT2D eigenvalue weighted by atomic mass is 79.9. The number of ether oxygens (including phenoxy) is 1. The van der Waals surface area contributed by atoms with Gasteiger partial charge in [0.1, 0.15) is 5.82 Å². The summed E-state index contributed by atoms with van der Waals surface area (Å²) >= 11 is 3.31. The van der Waals surface area contributed by atoms with Crippen LogP contribution in [0.2, 0.25) is 0 Å². The van der Waals surface area contributed by atoms with Gasteiger partial charge >= 0.3 is 0 Å². The summed E-state index contributed by atoms with van der Waals surface area (Å²) in [6.07, 6.45) is 0.330. The van der Waals surface area contributed by atoms with Crippen molar-refractivity contribution in [2.24, 2.45) is 5.84 Å². The molecule has 0 heterocycles. The third kappa shape index (κ3) is 3.78. The topological polar surface area (TPSA) is 47.3 Å². The fourth-order valence-electron chi connectivity index (χ4n) is 2.09. The number of hydrogen-bond acceptors (Lipinski definition) is 3. The Kier molecular flexibility index (Phi) is 5.27. The molecule has 0 saturated carbocycles. The molecule has 0 aliphatic heterocycles. The molecule has 6 heteroatoms. The molecule has 1 atom stereocenters. The minimum Gasteiger partial charge on any atom is -0.494 e. The first-order valence-electron chi connectivity index (χ1n) is 6.28. The van der Waals surface area contributed by atoms with E-state index < -0.39 is 5.82 Å². The molecular formula is C15H15BrF2N2O. The van der Waals surface area contributed by atoms with Crippen molar-refractivity contribution in [2.45, 2.75) is 12.5 Å². The monoisotopic (exact) mass is 356 g/mol. The zero-order valence-corrected chi connectivity index (χ0v) is 13.0. The summed E-state index contributed by atoms with van der Waals surface area (Å²) in [4.78, 5) is 0. The molecule has 1 unspecified atom stereocenters. The van der Waals surface area contributed by atoms with Crippen LogP contribution >= 0.6 is 15.9 Å². The second kappa shape index (κ2) is 6.98. The Balaban J connectivity index is 2.29. The summed E-state index contributed by atoms with van der Waals surface area (Å²) in [5, 5.41) is 0. The summed E-state index contributed by atoms with van der Waals surface area (Å²) in [5.74, 6) is 4.91. The highest BCUT2D eigenvalue weighted by Crippen LogP contribution is 2.26. The predicted octanol–water partition coefficient (Wildman–Crippen LogP) is 3.48. The van der Waals surface area contributed by atoms with Crippen LogP contribution in [0.15, 0.2) is 40.9 Å². The molecule has 0 radical (unpaired) electrons. The summed E-state index contributed by atoms with van der Waals surface area (Å²) in [6, 6.07) is 8.80. The van der Waals surface area contributed by atoms with Crippen molar-refractivity contribution in [2.75, 3.05) is 7.11 Å². The Morgan fingerprint density at radius 3 is 2.57 bits per heavy atom. The average molecular weight is 357 g/mol. The Bertz CT molecular complexity index is 637. The minimum absolute atomic E-state index is 0.127. The number of methoxy groups -OCH3 is 1. The molecule has 3 nitrogen and oxygen atoms in total. The van der Waals surface area contributed by atoms with Crippen molar-refractivity contribution in [3.8, 4) is 5.75 Å². The number of halogens is 3. The lowest BCUT2D eigenvalue weighted by Gasteiger charge is -2.18. The van der Waals surface area contributed by atoms with E-state index in [0.29, 0.717) is 12.0 Å². The molecule has 3 N–H and O–H groups in total. The van der Waals surface area contributed by atoms with Gasteiger partial charge in [-0.05, 0) is 47.9 Å². The molecule has 2 aromatic carbocycles. The van der Waals surface area contributed by atoms with Crippen molar-refractivity contribution in [1.29, 1.82) is 0 Å². The van der Waals surface area contributed by atoms with E-state index in [-0.39, 0.29) is 17.6 Å². The van der Waals surface area contributed by atoms with Gasteiger partial charge in [0.25, 0.3) is 0 Å². The Labute approximate surface area is 130 Å². The summed E-state index contributed by atoms with van der Waals surface area (Å²) < 4.78 is 33.0. The first kappa shape index (κ1) is 15.9. The molecule has 0 aliphatic rings. The van der Waals surface area contributed by atoms with Crippen LogP contribution in [-0.4, -0.2) is 7.11 Å².